The maximum atomic E-state index is 11.4. The van der Waals surface area contributed by atoms with Crippen LogP contribution in [0.2, 0.25) is 0 Å². The van der Waals surface area contributed by atoms with E-state index in [-0.39, 0.29) is 11.3 Å². The van der Waals surface area contributed by atoms with Crippen LogP contribution in [0, 0.1) is 5.41 Å². The Morgan fingerprint density at radius 2 is 1.80 bits per heavy atom. The number of hydrogen-bond donors (Lipinski definition) is 2. The van der Waals surface area contributed by atoms with Crippen LogP contribution in [0.25, 0.3) is 0 Å². The van der Waals surface area contributed by atoms with Gasteiger partial charge in [0.1, 0.15) is 0 Å². The molecule has 0 spiro atoms. The largest absolute Gasteiger partial charge is 0.356 e. The molecule has 0 radical (unpaired) electrons. The molecule has 15 heavy (non-hydrogen) atoms. The summed E-state index contributed by atoms with van der Waals surface area (Å²) in [6.07, 6.45) is 2.78. The van der Waals surface area contributed by atoms with E-state index in [1.54, 1.807) is 0 Å². The van der Waals surface area contributed by atoms with Crippen LogP contribution in [-0.2, 0) is 4.79 Å². The second kappa shape index (κ2) is 7.69. The van der Waals surface area contributed by atoms with E-state index in [4.69, 9.17) is 0 Å². The van der Waals surface area contributed by atoms with Gasteiger partial charge in [-0.15, -0.1) is 0 Å². The highest BCUT2D eigenvalue weighted by Gasteiger charge is 2.14. The van der Waals surface area contributed by atoms with Crippen molar-refractivity contribution in [3.05, 3.63) is 0 Å². The summed E-state index contributed by atoms with van der Waals surface area (Å²) in [5, 5.41) is 6.24. The van der Waals surface area contributed by atoms with Crippen molar-refractivity contribution in [2.75, 3.05) is 19.6 Å². The van der Waals surface area contributed by atoms with Crippen LogP contribution in [0.1, 0.15) is 47.0 Å². The number of nitrogens with one attached hydrogen (secondary N) is 2. The van der Waals surface area contributed by atoms with Gasteiger partial charge in [0.2, 0.25) is 5.91 Å². The maximum Gasteiger partial charge on any atom is 0.220 e. The van der Waals surface area contributed by atoms with E-state index in [1.165, 1.54) is 0 Å². The Balaban J connectivity index is 3.32. The summed E-state index contributed by atoms with van der Waals surface area (Å²) >= 11 is 0. The first kappa shape index (κ1) is 14.4. The lowest BCUT2D eigenvalue weighted by Gasteiger charge is -2.17. The van der Waals surface area contributed by atoms with Gasteiger partial charge in [-0.25, -0.2) is 0 Å². The summed E-state index contributed by atoms with van der Waals surface area (Å²) in [7, 11) is 0. The first-order chi connectivity index (χ1) is 6.95. The third-order valence-electron chi connectivity index (χ3n) is 1.97. The molecule has 0 unspecified atom stereocenters. The SMILES string of the molecule is CCCNCCCNC(=O)CC(C)(C)C. The molecule has 0 fully saturated rings. The van der Waals surface area contributed by atoms with Crippen molar-refractivity contribution in [1.82, 2.24) is 10.6 Å². The number of amides is 1. The van der Waals surface area contributed by atoms with Crippen LogP contribution in [-0.4, -0.2) is 25.5 Å². The normalized spacial score (nSPS) is 11.5. The molecule has 0 aliphatic carbocycles. The topological polar surface area (TPSA) is 41.1 Å². The summed E-state index contributed by atoms with van der Waals surface area (Å²) < 4.78 is 0. The summed E-state index contributed by atoms with van der Waals surface area (Å²) in [5.74, 6) is 0.165. The van der Waals surface area contributed by atoms with E-state index in [0.717, 1.165) is 32.5 Å². The molecule has 3 heteroatoms. The van der Waals surface area contributed by atoms with E-state index < -0.39 is 0 Å². The summed E-state index contributed by atoms with van der Waals surface area (Å²) in [5.41, 5.74) is 0.0878. The fourth-order valence-corrected chi connectivity index (χ4v) is 1.29. The van der Waals surface area contributed by atoms with Gasteiger partial charge < -0.3 is 10.6 Å². The molecular formula is C12H26N2O. The maximum absolute atomic E-state index is 11.4. The second-order valence-corrected chi connectivity index (χ2v) is 5.19. The minimum atomic E-state index is 0.0878. The molecule has 0 bridgehead atoms. The molecule has 0 aliphatic rings. The molecule has 0 atom stereocenters. The predicted molar refractivity (Wildman–Crippen MR) is 64.9 cm³/mol. The molecule has 0 aliphatic heterocycles. The van der Waals surface area contributed by atoms with Crippen molar-refractivity contribution >= 4 is 5.91 Å². The van der Waals surface area contributed by atoms with Crippen molar-refractivity contribution in [3.63, 3.8) is 0 Å². The number of rotatable bonds is 7. The first-order valence-corrected chi connectivity index (χ1v) is 5.93. The van der Waals surface area contributed by atoms with Gasteiger partial charge in [-0.1, -0.05) is 27.7 Å². The number of carbonyl (C=O) groups is 1. The van der Waals surface area contributed by atoms with Gasteiger partial charge in [0.15, 0.2) is 0 Å². The highest BCUT2D eigenvalue weighted by atomic mass is 16.1. The molecule has 0 aromatic carbocycles. The quantitative estimate of drug-likeness (QED) is 0.636. The molecule has 3 nitrogen and oxygen atoms in total. The number of carbonyl (C=O) groups excluding carboxylic acids is 1. The Morgan fingerprint density at radius 1 is 1.13 bits per heavy atom. The van der Waals surface area contributed by atoms with Crippen LogP contribution in [0.4, 0.5) is 0 Å². The van der Waals surface area contributed by atoms with Crippen LogP contribution in [0.3, 0.4) is 0 Å². The van der Waals surface area contributed by atoms with Crippen LogP contribution in [0.5, 0.6) is 0 Å². The molecule has 0 aromatic heterocycles. The van der Waals surface area contributed by atoms with E-state index >= 15 is 0 Å². The zero-order valence-corrected chi connectivity index (χ0v) is 10.7. The first-order valence-electron chi connectivity index (χ1n) is 5.93. The summed E-state index contributed by atoms with van der Waals surface area (Å²) in [6.45, 7) is 11.2. The van der Waals surface area contributed by atoms with Gasteiger partial charge in [-0.05, 0) is 31.3 Å². The fraction of sp³-hybridized carbons (Fsp3) is 0.917. The molecule has 0 saturated heterocycles. The van der Waals surface area contributed by atoms with Crippen molar-refractivity contribution in [2.24, 2.45) is 5.41 Å². The van der Waals surface area contributed by atoms with E-state index in [2.05, 4.69) is 38.3 Å². The van der Waals surface area contributed by atoms with Gasteiger partial charge in [0.25, 0.3) is 0 Å². The van der Waals surface area contributed by atoms with Gasteiger partial charge >= 0.3 is 0 Å². The Labute approximate surface area is 94.0 Å². The van der Waals surface area contributed by atoms with Crippen molar-refractivity contribution in [2.45, 2.75) is 47.0 Å². The molecule has 0 heterocycles. The van der Waals surface area contributed by atoms with Crippen LogP contribution < -0.4 is 10.6 Å². The van der Waals surface area contributed by atoms with Gasteiger partial charge in [0, 0.05) is 13.0 Å². The smallest absolute Gasteiger partial charge is 0.220 e. The summed E-state index contributed by atoms with van der Waals surface area (Å²) in [6, 6.07) is 0. The zero-order valence-electron chi connectivity index (χ0n) is 10.7. The Morgan fingerprint density at radius 3 is 2.33 bits per heavy atom. The predicted octanol–water partition coefficient (Wildman–Crippen LogP) is 1.93. The Kier molecular flexibility index (Phi) is 7.39. The lowest BCUT2D eigenvalue weighted by molar-refractivity contribution is -0.122. The average molecular weight is 214 g/mol. The molecular weight excluding hydrogens is 188 g/mol. The number of hydrogen-bond acceptors (Lipinski definition) is 2. The highest BCUT2D eigenvalue weighted by molar-refractivity contribution is 5.76. The van der Waals surface area contributed by atoms with Gasteiger partial charge in [0.05, 0.1) is 0 Å². The molecule has 2 N–H and O–H groups in total. The fourth-order valence-electron chi connectivity index (χ4n) is 1.29. The molecule has 0 rings (SSSR count). The zero-order chi connectivity index (χ0) is 11.7. The molecule has 0 saturated carbocycles. The van der Waals surface area contributed by atoms with Crippen molar-refractivity contribution < 1.29 is 4.79 Å². The third-order valence-corrected chi connectivity index (χ3v) is 1.97. The standard InChI is InChI=1S/C12H26N2O/c1-5-7-13-8-6-9-14-11(15)10-12(2,3)4/h13H,5-10H2,1-4H3,(H,14,15). The monoisotopic (exact) mass is 214 g/mol. The third kappa shape index (κ3) is 11.4. The van der Waals surface area contributed by atoms with E-state index in [1.807, 2.05) is 0 Å². The van der Waals surface area contributed by atoms with Gasteiger partial charge in [-0.3, -0.25) is 4.79 Å². The highest BCUT2D eigenvalue weighted by Crippen LogP contribution is 2.17. The molecule has 90 valence electrons. The van der Waals surface area contributed by atoms with Gasteiger partial charge in [-0.2, -0.15) is 0 Å². The minimum Gasteiger partial charge on any atom is -0.356 e. The Bertz CT molecular complexity index is 173. The molecule has 1 amide bonds. The average Bonchev–Trinajstić information content (AvgIpc) is 2.08. The summed E-state index contributed by atoms with van der Waals surface area (Å²) in [4.78, 5) is 11.4. The van der Waals surface area contributed by atoms with Crippen molar-refractivity contribution in [3.8, 4) is 0 Å². The van der Waals surface area contributed by atoms with Crippen LogP contribution >= 0.6 is 0 Å². The van der Waals surface area contributed by atoms with Crippen LogP contribution in [0.15, 0.2) is 0 Å². The lowest BCUT2D eigenvalue weighted by atomic mass is 9.92. The Hall–Kier alpha value is -0.570. The minimum absolute atomic E-state index is 0.0878. The van der Waals surface area contributed by atoms with Crippen molar-refractivity contribution in [1.29, 1.82) is 0 Å². The second-order valence-electron chi connectivity index (χ2n) is 5.19. The van der Waals surface area contributed by atoms with E-state index in [0.29, 0.717) is 6.42 Å². The van der Waals surface area contributed by atoms with E-state index in [9.17, 15) is 4.79 Å². The molecule has 0 aromatic rings. The lowest BCUT2D eigenvalue weighted by Crippen LogP contribution is -2.30.